The van der Waals surface area contributed by atoms with E-state index in [2.05, 4.69) is 10.6 Å². The Kier molecular flexibility index (Phi) is 8.71. The van der Waals surface area contributed by atoms with Crippen LogP contribution >= 0.6 is 12.4 Å². The summed E-state index contributed by atoms with van der Waals surface area (Å²) < 4.78 is 0. The van der Waals surface area contributed by atoms with Gasteiger partial charge in [0, 0.05) is 13.1 Å². The predicted octanol–water partition coefficient (Wildman–Crippen LogP) is 0.171. The predicted molar refractivity (Wildman–Crippen MR) is 77.2 cm³/mol. The molecule has 1 heterocycles. The highest BCUT2D eigenvalue weighted by Crippen LogP contribution is 2.13. The summed E-state index contributed by atoms with van der Waals surface area (Å²) in [5.41, 5.74) is 5.58. The number of hydrogen-bond donors (Lipinski definition) is 3. The molecule has 0 spiro atoms. The van der Waals surface area contributed by atoms with Gasteiger partial charge in [0.15, 0.2) is 0 Å². The molecule has 1 unspecified atom stereocenters. The van der Waals surface area contributed by atoms with Crippen LogP contribution in [0.1, 0.15) is 20.3 Å². The van der Waals surface area contributed by atoms with E-state index in [0.717, 1.165) is 19.5 Å². The molecule has 0 aromatic rings. The zero-order chi connectivity index (χ0) is 13.5. The smallest absolute Gasteiger partial charge is 0.321 e. The number of hydrogen-bond acceptors (Lipinski definition) is 4. The van der Waals surface area contributed by atoms with Crippen LogP contribution in [0.5, 0.6) is 0 Å². The van der Waals surface area contributed by atoms with E-state index >= 15 is 0 Å². The largest absolute Gasteiger partial charge is 0.338 e. The molecule has 0 saturated carbocycles. The van der Waals surface area contributed by atoms with Gasteiger partial charge in [0.2, 0.25) is 5.91 Å². The molecule has 0 aliphatic carbocycles. The summed E-state index contributed by atoms with van der Waals surface area (Å²) in [5.74, 6) is 0.594. The van der Waals surface area contributed by atoms with Crippen molar-refractivity contribution in [3.05, 3.63) is 0 Å². The fourth-order valence-corrected chi connectivity index (χ4v) is 1.96. The van der Waals surface area contributed by atoms with Gasteiger partial charge in [0.25, 0.3) is 0 Å². The van der Waals surface area contributed by atoms with Crippen molar-refractivity contribution in [2.45, 2.75) is 20.3 Å². The van der Waals surface area contributed by atoms with Gasteiger partial charge < -0.3 is 11.1 Å². The molecule has 6 nitrogen and oxygen atoms in total. The SMILES string of the molecule is CC(C)CNC(=O)NC(=O)CN1CCC(CN)C1.Cl. The maximum atomic E-state index is 11.6. The van der Waals surface area contributed by atoms with E-state index in [0.29, 0.717) is 24.9 Å². The average Bonchev–Trinajstić information content (AvgIpc) is 2.73. The number of rotatable bonds is 5. The number of carbonyl (C=O) groups is 2. The van der Waals surface area contributed by atoms with Crippen molar-refractivity contribution in [2.75, 3.05) is 32.7 Å². The topological polar surface area (TPSA) is 87.5 Å². The highest BCUT2D eigenvalue weighted by Gasteiger charge is 2.23. The molecule has 0 bridgehead atoms. The molecule has 4 N–H and O–H groups in total. The Hall–Kier alpha value is -0.850. The van der Waals surface area contributed by atoms with Gasteiger partial charge in [-0.05, 0) is 31.3 Å². The highest BCUT2D eigenvalue weighted by molar-refractivity contribution is 5.95. The zero-order valence-electron chi connectivity index (χ0n) is 11.6. The third kappa shape index (κ3) is 7.34. The number of carbonyl (C=O) groups excluding carboxylic acids is 2. The van der Waals surface area contributed by atoms with Gasteiger partial charge in [-0.3, -0.25) is 15.0 Å². The Morgan fingerprint density at radius 2 is 2.11 bits per heavy atom. The van der Waals surface area contributed by atoms with Crippen molar-refractivity contribution < 1.29 is 9.59 Å². The minimum absolute atomic E-state index is 0. The zero-order valence-corrected chi connectivity index (χ0v) is 12.5. The lowest BCUT2D eigenvalue weighted by Gasteiger charge is -2.15. The lowest BCUT2D eigenvalue weighted by atomic mass is 10.1. The summed E-state index contributed by atoms with van der Waals surface area (Å²) >= 11 is 0. The lowest BCUT2D eigenvalue weighted by Crippen LogP contribution is -2.45. The van der Waals surface area contributed by atoms with Crippen molar-refractivity contribution in [1.29, 1.82) is 0 Å². The molecule has 19 heavy (non-hydrogen) atoms. The van der Waals surface area contributed by atoms with Crippen LogP contribution in [0.15, 0.2) is 0 Å². The van der Waals surface area contributed by atoms with E-state index in [1.165, 1.54) is 0 Å². The van der Waals surface area contributed by atoms with E-state index in [1.807, 2.05) is 18.7 Å². The highest BCUT2D eigenvalue weighted by atomic mass is 35.5. The second-order valence-electron chi connectivity index (χ2n) is 5.28. The van der Waals surface area contributed by atoms with Crippen LogP contribution in [0.3, 0.4) is 0 Å². The second-order valence-corrected chi connectivity index (χ2v) is 5.28. The first-order chi connectivity index (χ1) is 8.51. The molecular formula is C12H25ClN4O2. The lowest BCUT2D eigenvalue weighted by molar-refractivity contribution is -0.120. The van der Waals surface area contributed by atoms with E-state index in [9.17, 15) is 9.59 Å². The summed E-state index contributed by atoms with van der Waals surface area (Å²) in [7, 11) is 0. The van der Waals surface area contributed by atoms with Gasteiger partial charge >= 0.3 is 6.03 Å². The van der Waals surface area contributed by atoms with Crippen molar-refractivity contribution in [1.82, 2.24) is 15.5 Å². The van der Waals surface area contributed by atoms with Crippen LogP contribution < -0.4 is 16.4 Å². The summed E-state index contributed by atoms with van der Waals surface area (Å²) in [4.78, 5) is 25.0. The fourth-order valence-electron chi connectivity index (χ4n) is 1.96. The van der Waals surface area contributed by atoms with E-state index in [1.54, 1.807) is 0 Å². The summed E-state index contributed by atoms with van der Waals surface area (Å²) in [6, 6.07) is -0.414. The second kappa shape index (κ2) is 9.12. The van der Waals surface area contributed by atoms with Crippen LogP contribution in [0.25, 0.3) is 0 Å². The quantitative estimate of drug-likeness (QED) is 0.674. The van der Waals surface area contributed by atoms with Crippen LogP contribution in [-0.4, -0.2) is 49.6 Å². The van der Waals surface area contributed by atoms with Crippen molar-refractivity contribution >= 4 is 24.3 Å². The molecule has 112 valence electrons. The molecular weight excluding hydrogens is 268 g/mol. The van der Waals surface area contributed by atoms with Gasteiger partial charge in [-0.15, -0.1) is 12.4 Å². The van der Waals surface area contributed by atoms with Gasteiger partial charge in [-0.1, -0.05) is 13.8 Å². The fraction of sp³-hybridized carbons (Fsp3) is 0.833. The first-order valence-corrected chi connectivity index (χ1v) is 6.51. The van der Waals surface area contributed by atoms with Crippen molar-refractivity contribution in [2.24, 2.45) is 17.6 Å². The Balaban J connectivity index is 0.00000324. The molecule has 1 aliphatic heterocycles. The molecule has 1 saturated heterocycles. The van der Waals surface area contributed by atoms with Crippen LogP contribution in [-0.2, 0) is 4.79 Å². The Labute approximate surface area is 120 Å². The number of nitrogens with zero attached hydrogens (tertiary/aromatic N) is 1. The standard InChI is InChI=1S/C12H24N4O2.ClH/c1-9(2)6-14-12(18)15-11(17)8-16-4-3-10(5-13)7-16;/h9-10H,3-8,13H2,1-2H3,(H2,14,15,17,18);1H. The van der Waals surface area contributed by atoms with Gasteiger partial charge in [0.05, 0.1) is 6.54 Å². The first kappa shape index (κ1) is 18.1. The molecule has 1 fully saturated rings. The van der Waals surface area contributed by atoms with E-state index < -0.39 is 6.03 Å². The maximum Gasteiger partial charge on any atom is 0.321 e. The summed E-state index contributed by atoms with van der Waals surface area (Å²) in [5, 5.41) is 4.98. The minimum atomic E-state index is -0.414. The molecule has 3 amide bonds. The minimum Gasteiger partial charge on any atom is -0.338 e. The van der Waals surface area contributed by atoms with Crippen molar-refractivity contribution in [3.8, 4) is 0 Å². The van der Waals surface area contributed by atoms with Crippen LogP contribution in [0.4, 0.5) is 4.79 Å². The van der Waals surface area contributed by atoms with Gasteiger partial charge in [-0.25, -0.2) is 4.79 Å². The molecule has 1 rings (SSSR count). The number of imide groups is 1. The molecule has 1 atom stereocenters. The summed E-state index contributed by atoms with van der Waals surface area (Å²) in [6.45, 7) is 7.22. The number of urea groups is 1. The van der Waals surface area contributed by atoms with Crippen LogP contribution in [0.2, 0.25) is 0 Å². The van der Waals surface area contributed by atoms with Crippen LogP contribution in [0, 0.1) is 11.8 Å². The molecule has 0 aromatic carbocycles. The van der Waals surface area contributed by atoms with E-state index in [4.69, 9.17) is 5.73 Å². The molecule has 1 aliphatic rings. The van der Waals surface area contributed by atoms with Gasteiger partial charge in [0.1, 0.15) is 0 Å². The molecule has 7 heteroatoms. The Morgan fingerprint density at radius 3 is 2.63 bits per heavy atom. The Morgan fingerprint density at radius 1 is 1.42 bits per heavy atom. The first-order valence-electron chi connectivity index (χ1n) is 6.51. The maximum absolute atomic E-state index is 11.6. The average molecular weight is 293 g/mol. The van der Waals surface area contributed by atoms with Gasteiger partial charge in [-0.2, -0.15) is 0 Å². The normalized spacial score (nSPS) is 19.1. The number of nitrogens with two attached hydrogens (primary N) is 1. The molecule has 0 aromatic heterocycles. The third-order valence-electron chi connectivity index (χ3n) is 2.99. The van der Waals surface area contributed by atoms with E-state index in [-0.39, 0.29) is 24.9 Å². The number of amides is 3. The number of likely N-dealkylation sites (tertiary alicyclic amines) is 1. The number of halogens is 1. The summed E-state index contributed by atoms with van der Waals surface area (Å²) in [6.07, 6.45) is 1.03. The van der Waals surface area contributed by atoms with Crippen molar-refractivity contribution in [3.63, 3.8) is 0 Å². The monoisotopic (exact) mass is 292 g/mol. The third-order valence-corrected chi connectivity index (χ3v) is 2.99. The Bertz CT molecular complexity index is 299. The molecule has 0 radical (unpaired) electrons. The number of nitrogens with one attached hydrogen (secondary N) is 2.